The Labute approximate surface area is 261 Å². The van der Waals surface area contributed by atoms with E-state index in [1.54, 1.807) is 0 Å². The van der Waals surface area contributed by atoms with Crippen LogP contribution in [0, 0.1) is 5.92 Å². The quantitative estimate of drug-likeness (QED) is 0.384. The van der Waals surface area contributed by atoms with Crippen LogP contribution in [0.5, 0.6) is 5.75 Å². The summed E-state index contributed by atoms with van der Waals surface area (Å²) in [4.78, 5) is 45.4. The molecule has 2 bridgehead atoms. The van der Waals surface area contributed by atoms with Gasteiger partial charge < -0.3 is 24.5 Å². The largest absolute Gasteiger partial charge is 0.493 e. The number of fused-ring (bicyclic) bond motifs is 5. The minimum atomic E-state index is -0.685. The normalized spacial score (nSPS) is 23.3. The number of amides is 2. The summed E-state index contributed by atoms with van der Waals surface area (Å²) >= 11 is 0. The summed E-state index contributed by atoms with van der Waals surface area (Å²) in [5, 5.41) is 6.18. The number of nitrogens with one attached hydrogen (secondary N) is 2. The smallest absolute Gasteiger partial charge is 0.414 e. The van der Waals surface area contributed by atoms with Crippen molar-refractivity contribution in [2.24, 2.45) is 10.9 Å². The van der Waals surface area contributed by atoms with E-state index < -0.39 is 17.2 Å². The van der Waals surface area contributed by atoms with Gasteiger partial charge in [0.05, 0.1) is 18.2 Å². The van der Waals surface area contributed by atoms with E-state index in [9.17, 15) is 14.4 Å². The van der Waals surface area contributed by atoms with Crippen molar-refractivity contribution in [1.82, 2.24) is 15.5 Å². The van der Waals surface area contributed by atoms with Gasteiger partial charge in [0.15, 0.2) is 0 Å². The van der Waals surface area contributed by atoms with E-state index in [0.29, 0.717) is 31.1 Å². The summed E-state index contributed by atoms with van der Waals surface area (Å²) in [5.41, 5.74) is 1.11. The van der Waals surface area contributed by atoms with E-state index in [1.165, 1.54) is 0 Å². The molecule has 9 nitrogen and oxygen atoms in total. The molecule has 0 saturated heterocycles. The second-order valence-electron chi connectivity index (χ2n) is 13.1. The van der Waals surface area contributed by atoms with Crippen molar-refractivity contribution in [1.29, 1.82) is 0 Å². The zero-order chi connectivity index (χ0) is 31.7. The predicted molar refractivity (Wildman–Crippen MR) is 172 cm³/mol. The number of rotatable bonds is 3. The third-order valence-corrected chi connectivity index (χ3v) is 8.48. The molecule has 4 rings (SSSR count). The zero-order valence-corrected chi connectivity index (χ0v) is 26.9. The molecule has 0 spiro atoms. The molecule has 0 aliphatic carbocycles. The highest BCUT2D eigenvalue weighted by molar-refractivity contribution is 5.95. The number of carbonyl (C=O) groups excluding carboxylic acids is 3. The van der Waals surface area contributed by atoms with Crippen molar-refractivity contribution in [3.63, 3.8) is 0 Å². The van der Waals surface area contributed by atoms with E-state index in [1.807, 2.05) is 88.2 Å². The minimum Gasteiger partial charge on any atom is -0.493 e. The molecule has 2 N–H and O–H groups in total. The second kappa shape index (κ2) is 14.7. The topological polar surface area (TPSA) is 109 Å². The zero-order valence-electron chi connectivity index (χ0n) is 26.9. The highest BCUT2D eigenvalue weighted by atomic mass is 16.6. The second-order valence-corrected chi connectivity index (χ2v) is 13.1. The molecule has 3 unspecified atom stereocenters. The molecule has 2 aromatic rings. The van der Waals surface area contributed by atoms with E-state index in [2.05, 4.69) is 10.6 Å². The maximum atomic E-state index is 13.7. The van der Waals surface area contributed by atoms with Crippen LogP contribution < -0.4 is 15.4 Å². The third-order valence-electron chi connectivity index (χ3n) is 8.48. The van der Waals surface area contributed by atoms with Gasteiger partial charge in [-0.05, 0) is 63.8 Å². The first-order valence-corrected chi connectivity index (χ1v) is 15.9. The summed E-state index contributed by atoms with van der Waals surface area (Å²) in [6.45, 7) is 8.40. The Morgan fingerprint density at radius 1 is 1.16 bits per heavy atom. The highest BCUT2D eigenvalue weighted by Crippen LogP contribution is 2.38. The van der Waals surface area contributed by atoms with Crippen LogP contribution in [0.25, 0.3) is 0 Å². The molecule has 2 amide bonds. The van der Waals surface area contributed by atoms with Crippen LogP contribution in [0.1, 0.15) is 107 Å². The van der Waals surface area contributed by atoms with Gasteiger partial charge in [-0.3, -0.25) is 10.1 Å². The molecule has 0 saturated carbocycles. The lowest BCUT2D eigenvalue weighted by Gasteiger charge is -2.34. The molecule has 44 heavy (non-hydrogen) atoms. The number of para-hydroxylation sites is 1. The third kappa shape index (κ3) is 8.83. The number of nitrogens with zero attached hydrogens (tertiary/aromatic N) is 2. The SMILES string of the molecule is CCC1(CC=O)CCCCCCC2COc3ccccc3C2NC(=O)c2cccc(c2)CN(C)C(NC(=O)OC(C)(C)C)=N1. The summed E-state index contributed by atoms with van der Waals surface area (Å²) in [6, 6.07) is 15.3. The van der Waals surface area contributed by atoms with Crippen LogP contribution in [0.3, 0.4) is 0 Å². The fourth-order valence-electron chi connectivity index (χ4n) is 6.05. The average molecular weight is 605 g/mol. The lowest BCUT2D eigenvalue weighted by atomic mass is 9.85. The van der Waals surface area contributed by atoms with Gasteiger partial charge in [0, 0.05) is 37.1 Å². The van der Waals surface area contributed by atoms with E-state index in [-0.39, 0.29) is 24.3 Å². The van der Waals surface area contributed by atoms with E-state index >= 15 is 0 Å². The first kappa shape index (κ1) is 33.0. The molecular weight excluding hydrogens is 556 g/mol. The molecule has 9 heteroatoms. The Hall–Kier alpha value is -3.88. The van der Waals surface area contributed by atoms with E-state index in [4.69, 9.17) is 14.5 Å². The Kier molecular flexibility index (Phi) is 11.1. The number of alkyl carbamates (subject to hydrolysis) is 1. The van der Waals surface area contributed by atoms with Gasteiger partial charge in [0.2, 0.25) is 5.96 Å². The van der Waals surface area contributed by atoms with Crippen molar-refractivity contribution in [2.45, 2.75) is 103 Å². The molecule has 0 radical (unpaired) electrons. The van der Waals surface area contributed by atoms with Gasteiger partial charge in [-0.25, -0.2) is 9.79 Å². The number of guanidine groups is 1. The number of hydrogen-bond donors (Lipinski definition) is 2. The maximum Gasteiger partial charge on any atom is 0.414 e. The monoisotopic (exact) mass is 604 g/mol. The average Bonchev–Trinajstić information content (AvgIpc) is 2.98. The van der Waals surface area contributed by atoms with Crippen molar-refractivity contribution in [2.75, 3.05) is 13.7 Å². The lowest BCUT2D eigenvalue weighted by molar-refractivity contribution is -0.108. The standard InChI is InChI=1S/C35H48N4O5/c1-6-35(20-21-40)19-12-8-7-9-15-27-24-43-29-18-11-10-17-28(29)30(27)36-31(41)26-16-13-14-25(22-26)23-39(5)32(38-35)37-33(42)44-34(2,3)4/h10-11,13-14,16-18,21-22,27,30H,6-9,12,15,19-20,23-24H2,1-5H3,(H,36,41)(H,37,38,42). The Bertz CT molecular complexity index is 1340. The van der Waals surface area contributed by atoms with Gasteiger partial charge >= 0.3 is 6.09 Å². The lowest BCUT2D eigenvalue weighted by Crippen LogP contribution is -2.46. The molecule has 0 aromatic heterocycles. The van der Waals surface area contributed by atoms with Crippen LogP contribution in [0.4, 0.5) is 4.79 Å². The molecule has 3 atom stereocenters. The van der Waals surface area contributed by atoms with Crippen molar-refractivity contribution >= 4 is 24.2 Å². The number of hydrogen-bond acceptors (Lipinski definition) is 7. The summed E-state index contributed by atoms with van der Waals surface area (Å²) in [6.07, 6.45) is 6.80. The number of carbonyl (C=O) groups is 3. The number of aldehydes is 1. The molecule has 2 aliphatic rings. The molecule has 0 fully saturated rings. The number of aliphatic imine (C=N–C) groups is 1. The van der Waals surface area contributed by atoms with Gasteiger partial charge in [-0.1, -0.05) is 62.9 Å². The van der Waals surface area contributed by atoms with Crippen LogP contribution in [0.2, 0.25) is 0 Å². The Morgan fingerprint density at radius 3 is 2.68 bits per heavy atom. The molecule has 2 heterocycles. The first-order valence-electron chi connectivity index (χ1n) is 15.9. The fraction of sp³-hybridized carbons (Fsp3) is 0.543. The van der Waals surface area contributed by atoms with Gasteiger partial charge in [0.25, 0.3) is 5.91 Å². The van der Waals surface area contributed by atoms with Crippen molar-refractivity contribution in [3.05, 3.63) is 65.2 Å². The molecular formula is C35H48N4O5. The van der Waals surface area contributed by atoms with Gasteiger partial charge in [-0.15, -0.1) is 0 Å². The molecule has 2 aliphatic heterocycles. The highest BCUT2D eigenvalue weighted by Gasteiger charge is 2.33. The van der Waals surface area contributed by atoms with Gasteiger partial charge in [-0.2, -0.15) is 0 Å². The Balaban J connectivity index is 1.68. The molecule has 238 valence electrons. The van der Waals surface area contributed by atoms with Crippen LogP contribution in [-0.2, 0) is 16.1 Å². The van der Waals surface area contributed by atoms with Crippen LogP contribution in [0.15, 0.2) is 53.5 Å². The van der Waals surface area contributed by atoms with Gasteiger partial charge in [0.1, 0.15) is 17.6 Å². The van der Waals surface area contributed by atoms with Crippen molar-refractivity contribution < 1.29 is 23.9 Å². The Morgan fingerprint density at radius 2 is 1.93 bits per heavy atom. The fourth-order valence-corrected chi connectivity index (χ4v) is 6.05. The van der Waals surface area contributed by atoms with Crippen LogP contribution in [-0.4, -0.2) is 53.9 Å². The summed E-state index contributed by atoms with van der Waals surface area (Å²) < 4.78 is 11.7. The van der Waals surface area contributed by atoms with Crippen LogP contribution >= 0.6 is 0 Å². The summed E-state index contributed by atoms with van der Waals surface area (Å²) in [7, 11) is 1.84. The van der Waals surface area contributed by atoms with E-state index in [0.717, 1.165) is 61.7 Å². The molecule has 2 aromatic carbocycles. The predicted octanol–water partition coefficient (Wildman–Crippen LogP) is 6.57. The first-order chi connectivity index (χ1) is 21.0. The maximum absolute atomic E-state index is 13.7. The number of benzene rings is 2. The minimum absolute atomic E-state index is 0.140. The van der Waals surface area contributed by atoms with Crippen molar-refractivity contribution in [3.8, 4) is 5.75 Å². The summed E-state index contributed by atoms with van der Waals surface area (Å²) in [5.74, 6) is 1.18. The number of ether oxygens (including phenoxy) is 2.